The van der Waals surface area contributed by atoms with Crippen LogP contribution >= 0.6 is 0 Å². The summed E-state index contributed by atoms with van der Waals surface area (Å²) in [5, 5.41) is 3.20. The van der Waals surface area contributed by atoms with Crippen LogP contribution in [0.1, 0.15) is 39.5 Å². The third kappa shape index (κ3) is 4.89. The van der Waals surface area contributed by atoms with E-state index in [2.05, 4.69) is 30.1 Å². The number of ether oxygens (including phenoxy) is 1. The van der Waals surface area contributed by atoms with E-state index in [0.29, 0.717) is 5.56 Å². The SMILES string of the molecule is C=Cc1ccccc1C(CCc1ccccc1)NC(=O)c1ccc(OC)cc1. The number of carbonyl (C=O) groups is 1. The van der Waals surface area contributed by atoms with Crippen LogP contribution in [0.25, 0.3) is 6.08 Å². The average Bonchev–Trinajstić information content (AvgIpc) is 2.77. The van der Waals surface area contributed by atoms with Gasteiger partial charge in [-0.1, -0.05) is 67.3 Å². The Bertz CT molecular complexity index is 917. The zero-order valence-corrected chi connectivity index (χ0v) is 16.1. The average molecular weight is 371 g/mol. The van der Waals surface area contributed by atoms with Crippen LogP contribution in [0.5, 0.6) is 5.75 Å². The second kappa shape index (κ2) is 9.56. The number of hydrogen-bond donors (Lipinski definition) is 1. The van der Waals surface area contributed by atoms with Crippen LogP contribution in [0.3, 0.4) is 0 Å². The summed E-state index contributed by atoms with van der Waals surface area (Å²) in [6.07, 6.45) is 3.51. The monoisotopic (exact) mass is 371 g/mol. The largest absolute Gasteiger partial charge is 0.497 e. The van der Waals surface area contributed by atoms with Crippen LogP contribution in [0.4, 0.5) is 0 Å². The molecule has 3 rings (SSSR count). The van der Waals surface area contributed by atoms with Crippen molar-refractivity contribution < 1.29 is 9.53 Å². The van der Waals surface area contributed by atoms with E-state index in [4.69, 9.17) is 4.74 Å². The van der Waals surface area contributed by atoms with E-state index >= 15 is 0 Å². The summed E-state index contributed by atoms with van der Waals surface area (Å²) in [6, 6.07) is 25.4. The Balaban J connectivity index is 1.82. The zero-order chi connectivity index (χ0) is 19.8. The molecule has 0 aliphatic heterocycles. The molecule has 28 heavy (non-hydrogen) atoms. The fourth-order valence-corrected chi connectivity index (χ4v) is 3.26. The molecule has 0 spiro atoms. The van der Waals surface area contributed by atoms with Crippen molar-refractivity contribution in [1.82, 2.24) is 5.32 Å². The zero-order valence-electron chi connectivity index (χ0n) is 16.1. The number of benzene rings is 3. The second-order valence-corrected chi connectivity index (χ2v) is 6.61. The summed E-state index contributed by atoms with van der Waals surface area (Å²) in [6.45, 7) is 3.92. The Hall–Kier alpha value is -3.33. The first-order valence-electron chi connectivity index (χ1n) is 9.41. The molecule has 0 fully saturated rings. The van der Waals surface area contributed by atoms with Crippen molar-refractivity contribution >= 4 is 12.0 Å². The smallest absolute Gasteiger partial charge is 0.251 e. The number of nitrogens with one attached hydrogen (secondary N) is 1. The summed E-state index contributed by atoms with van der Waals surface area (Å²) in [4.78, 5) is 12.9. The molecule has 0 radical (unpaired) electrons. The van der Waals surface area contributed by atoms with Crippen LogP contribution in [0.2, 0.25) is 0 Å². The molecule has 3 aromatic rings. The van der Waals surface area contributed by atoms with Crippen molar-refractivity contribution in [2.45, 2.75) is 18.9 Å². The maximum atomic E-state index is 12.9. The lowest BCUT2D eigenvalue weighted by Gasteiger charge is -2.21. The molecule has 0 saturated carbocycles. The molecule has 1 unspecified atom stereocenters. The molecule has 0 aliphatic rings. The lowest BCUT2D eigenvalue weighted by molar-refractivity contribution is 0.0934. The van der Waals surface area contributed by atoms with E-state index in [1.165, 1.54) is 5.56 Å². The van der Waals surface area contributed by atoms with E-state index < -0.39 is 0 Å². The van der Waals surface area contributed by atoms with Crippen molar-refractivity contribution in [3.05, 3.63) is 108 Å². The van der Waals surface area contributed by atoms with Gasteiger partial charge in [-0.3, -0.25) is 4.79 Å². The Labute approximate surface area is 166 Å². The topological polar surface area (TPSA) is 38.3 Å². The van der Waals surface area contributed by atoms with Crippen LogP contribution in [0, 0.1) is 0 Å². The molecule has 142 valence electrons. The predicted molar refractivity (Wildman–Crippen MR) is 114 cm³/mol. The quantitative estimate of drug-likeness (QED) is 0.572. The highest BCUT2D eigenvalue weighted by Gasteiger charge is 2.18. The minimum atomic E-state index is -0.107. The first-order valence-corrected chi connectivity index (χ1v) is 9.41. The molecule has 3 heteroatoms. The number of rotatable bonds is 8. The lowest BCUT2D eigenvalue weighted by atomic mass is 9.94. The molecule has 1 atom stereocenters. The van der Waals surface area contributed by atoms with Crippen LogP contribution in [-0.4, -0.2) is 13.0 Å². The Kier molecular flexibility index (Phi) is 6.64. The van der Waals surface area contributed by atoms with Gasteiger partial charge in [-0.15, -0.1) is 0 Å². The Morgan fingerprint density at radius 1 is 1.00 bits per heavy atom. The minimum absolute atomic E-state index is 0.0976. The molecule has 3 aromatic carbocycles. The number of hydrogen-bond acceptors (Lipinski definition) is 2. The van der Waals surface area contributed by atoms with Crippen LogP contribution in [-0.2, 0) is 6.42 Å². The molecule has 0 saturated heterocycles. The van der Waals surface area contributed by atoms with E-state index in [-0.39, 0.29) is 11.9 Å². The molecule has 0 aliphatic carbocycles. The molecular weight excluding hydrogens is 346 g/mol. The summed E-state index contributed by atoms with van der Waals surface area (Å²) >= 11 is 0. The summed E-state index contributed by atoms with van der Waals surface area (Å²) in [7, 11) is 1.61. The number of amides is 1. The summed E-state index contributed by atoms with van der Waals surface area (Å²) in [5.41, 5.74) is 3.98. The number of aryl methyl sites for hydroxylation is 1. The van der Waals surface area contributed by atoms with E-state index in [9.17, 15) is 4.79 Å². The van der Waals surface area contributed by atoms with Gasteiger partial charge in [0.15, 0.2) is 0 Å². The maximum absolute atomic E-state index is 12.9. The van der Waals surface area contributed by atoms with E-state index in [1.807, 2.05) is 42.5 Å². The summed E-state index contributed by atoms with van der Waals surface area (Å²) < 4.78 is 5.17. The van der Waals surface area contributed by atoms with E-state index in [1.54, 1.807) is 31.4 Å². The van der Waals surface area contributed by atoms with Gasteiger partial charge in [-0.2, -0.15) is 0 Å². The van der Waals surface area contributed by atoms with Gasteiger partial charge in [-0.25, -0.2) is 0 Å². The highest BCUT2D eigenvalue weighted by Crippen LogP contribution is 2.24. The lowest BCUT2D eigenvalue weighted by Crippen LogP contribution is -2.29. The first kappa shape index (κ1) is 19.4. The number of methoxy groups -OCH3 is 1. The molecule has 0 aromatic heterocycles. The Morgan fingerprint density at radius 2 is 1.68 bits per heavy atom. The molecule has 1 N–H and O–H groups in total. The summed E-state index contributed by atoms with van der Waals surface area (Å²) in [5.74, 6) is 0.633. The van der Waals surface area contributed by atoms with Crippen molar-refractivity contribution in [2.24, 2.45) is 0 Å². The second-order valence-electron chi connectivity index (χ2n) is 6.61. The predicted octanol–water partition coefficient (Wildman–Crippen LogP) is 5.44. The van der Waals surface area contributed by atoms with Gasteiger partial charge in [0.1, 0.15) is 5.75 Å². The van der Waals surface area contributed by atoms with Gasteiger partial charge in [0.05, 0.1) is 13.2 Å². The van der Waals surface area contributed by atoms with Gasteiger partial charge in [0.2, 0.25) is 0 Å². The maximum Gasteiger partial charge on any atom is 0.251 e. The van der Waals surface area contributed by atoms with Gasteiger partial charge < -0.3 is 10.1 Å². The third-order valence-corrected chi connectivity index (χ3v) is 4.81. The highest BCUT2D eigenvalue weighted by molar-refractivity contribution is 5.94. The molecule has 3 nitrogen and oxygen atoms in total. The van der Waals surface area contributed by atoms with Crippen LogP contribution < -0.4 is 10.1 Å². The standard InChI is InChI=1S/C25H25NO2/c1-3-20-11-7-8-12-23(20)24(18-13-19-9-5-4-6-10-19)26-25(27)21-14-16-22(28-2)17-15-21/h3-12,14-17,24H,1,13,18H2,2H3,(H,26,27). The molecule has 0 heterocycles. The Morgan fingerprint density at radius 3 is 2.36 bits per heavy atom. The third-order valence-electron chi connectivity index (χ3n) is 4.81. The first-order chi connectivity index (χ1) is 13.7. The van der Waals surface area contributed by atoms with Gasteiger partial charge in [-0.05, 0) is 53.8 Å². The van der Waals surface area contributed by atoms with Crippen molar-refractivity contribution in [3.8, 4) is 5.75 Å². The molecular formula is C25H25NO2. The van der Waals surface area contributed by atoms with Crippen molar-refractivity contribution in [3.63, 3.8) is 0 Å². The van der Waals surface area contributed by atoms with Gasteiger partial charge >= 0.3 is 0 Å². The number of carbonyl (C=O) groups excluding carboxylic acids is 1. The van der Waals surface area contributed by atoms with Crippen molar-refractivity contribution in [1.29, 1.82) is 0 Å². The normalized spacial score (nSPS) is 11.5. The fraction of sp³-hybridized carbons (Fsp3) is 0.160. The molecule has 0 bridgehead atoms. The minimum Gasteiger partial charge on any atom is -0.497 e. The molecule has 1 amide bonds. The highest BCUT2D eigenvalue weighted by atomic mass is 16.5. The van der Waals surface area contributed by atoms with Crippen molar-refractivity contribution in [2.75, 3.05) is 7.11 Å². The van der Waals surface area contributed by atoms with E-state index in [0.717, 1.165) is 29.7 Å². The fourth-order valence-electron chi connectivity index (χ4n) is 3.26. The van der Waals surface area contributed by atoms with Gasteiger partial charge in [0.25, 0.3) is 5.91 Å². The van der Waals surface area contributed by atoms with Crippen LogP contribution in [0.15, 0.2) is 85.4 Å². The van der Waals surface area contributed by atoms with Gasteiger partial charge in [0, 0.05) is 5.56 Å².